The van der Waals surface area contributed by atoms with E-state index >= 15 is 0 Å². The predicted molar refractivity (Wildman–Crippen MR) is 63.4 cm³/mol. The normalized spacial score (nSPS) is 11.4. The summed E-state index contributed by atoms with van der Waals surface area (Å²) < 4.78 is 45.8. The maximum absolute atomic E-state index is 11.9. The molecule has 0 aliphatic rings. The van der Waals surface area contributed by atoms with Crippen molar-refractivity contribution in [3.63, 3.8) is 0 Å². The van der Waals surface area contributed by atoms with Crippen molar-refractivity contribution < 1.29 is 27.4 Å². The van der Waals surface area contributed by atoms with Gasteiger partial charge in [-0.05, 0) is 12.1 Å². The van der Waals surface area contributed by atoms with Gasteiger partial charge in [-0.3, -0.25) is 4.79 Å². The van der Waals surface area contributed by atoms with E-state index in [9.17, 15) is 18.0 Å². The Balaban J connectivity index is 2.78. The summed E-state index contributed by atoms with van der Waals surface area (Å²) in [6, 6.07) is 4.71. The highest BCUT2D eigenvalue weighted by molar-refractivity contribution is 5.94. The molecule has 0 saturated heterocycles. The Morgan fingerprint density at radius 3 is 2.47 bits per heavy atom. The Morgan fingerprint density at radius 1 is 1.26 bits per heavy atom. The lowest BCUT2D eigenvalue weighted by Crippen LogP contribution is -2.20. The van der Waals surface area contributed by atoms with Gasteiger partial charge in [0.15, 0.2) is 0 Å². The molecule has 4 nitrogen and oxygen atoms in total. The number of carbonyl (C=O) groups excluding carboxylic acids is 1. The van der Waals surface area contributed by atoms with Gasteiger partial charge >= 0.3 is 6.18 Å². The van der Waals surface area contributed by atoms with E-state index in [1.807, 2.05) is 0 Å². The van der Waals surface area contributed by atoms with Crippen LogP contribution in [0.2, 0.25) is 0 Å². The molecule has 19 heavy (non-hydrogen) atoms. The van der Waals surface area contributed by atoms with E-state index in [-0.39, 0.29) is 0 Å². The van der Waals surface area contributed by atoms with Gasteiger partial charge in [-0.1, -0.05) is 0 Å². The summed E-state index contributed by atoms with van der Waals surface area (Å²) in [7, 11) is 2.88. The van der Waals surface area contributed by atoms with Gasteiger partial charge in [-0.2, -0.15) is 13.2 Å². The summed E-state index contributed by atoms with van der Waals surface area (Å²) in [6.07, 6.45) is -3.56. The molecule has 1 aromatic rings. The lowest BCUT2D eigenvalue weighted by Gasteiger charge is -2.09. The number of ether oxygens (including phenoxy) is 2. The number of ketones is 1. The van der Waals surface area contributed by atoms with E-state index < -0.39 is 12.0 Å². The average molecular weight is 275 g/mol. The fourth-order valence-electron chi connectivity index (χ4n) is 1.22. The summed E-state index contributed by atoms with van der Waals surface area (Å²) in [5.41, 5.74) is 0.412. The van der Waals surface area contributed by atoms with E-state index in [1.54, 1.807) is 18.2 Å². The van der Waals surface area contributed by atoms with Gasteiger partial charge < -0.3 is 14.8 Å². The number of methoxy groups -OCH3 is 2. The second-order valence-electron chi connectivity index (χ2n) is 3.41. The van der Waals surface area contributed by atoms with Crippen LogP contribution in [0.5, 0.6) is 11.5 Å². The van der Waals surface area contributed by atoms with Crippen LogP contribution in [0.15, 0.2) is 30.5 Å². The molecule has 1 rings (SSSR count). The van der Waals surface area contributed by atoms with Crippen LogP contribution < -0.4 is 14.8 Å². The highest BCUT2D eigenvalue weighted by Crippen LogP contribution is 2.29. The van der Waals surface area contributed by atoms with Crippen LogP contribution in [0.4, 0.5) is 18.9 Å². The zero-order valence-corrected chi connectivity index (χ0v) is 10.2. The smallest absolute Gasteiger partial charge is 0.454 e. The molecule has 0 amide bonds. The van der Waals surface area contributed by atoms with Gasteiger partial charge in [0.2, 0.25) is 0 Å². The summed E-state index contributed by atoms with van der Waals surface area (Å²) in [5.74, 6) is -1.02. The summed E-state index contributed by atoms with van der Waals surface area (Å²) in [5, 5.41) is 2.54. The van der Waals surface area contributed by atoms with Crippen molar-refractivity contribution in [2.45, 2.75) is 6.18 Å². The fraction of sp³-hybridized carbons (Fsp3) is 0.250. The fourth-order valence-corrected chi connectivity index (χ4v) is 1.22. The molecule has 0 aromatic heterocycles. The molecule has 0 unspecified atom stereocenters. The van der Waals surface area contributed by atoms with Crippen LogP contribution in [0.1, 0.15) is 0 Å². The van der Waals surface area contributed by atoms with Crippen molar-refractivity contribution in [3.05, 3.63) is 30.5 Å². The second kappa shape index (κ2) is 6.12. The maximum atomic E-state index is 11.9. The molecule has 0 saturated carbocycles. The Bertz CT molecular complexity index is 484. The third-order valence-electron chi connectivity index (χ3n) is 2.16. The molecule has 0 radical (unpaired) electrons. The van der Waals surface area contributed by atoms with Crippen molar-refractivity contribution in [2.75, 3.05) is 19.5 Å². The van der Waals surface area contributed by atoms with Crippen molar-refractivity contribution in [1.29, 1.82) is 0 Å². The largest absolute Gasteiger partial charge is 0.497 e. The SMILES string of the molecule is COc1ccc(N/C=C\C(=O)C(F)(F)F)c(OC)c1. The first-order chi connectivity index (χ1) is 8.88. The monoisotopic (exact) mass is 275 g/mol. The zero-order valence-electron chi connectivity index (χ0n) is 10.2. The summed E-state index contributed by atoms with van der Waals surface area (Å²) >= 11 is 0. The van der Waals surface area contributed by atoms with E-state index in [0.29, 0.717) is 23.3 Å². The quantitative estimate of drug-likeness (QED) is 0.839. The first-order valence-corrected chi connectivity index (χ1v) is 5.14. The molecule has 1 N–H and O–H groups in total. The third kappa shape index (κ3) is 4.20. The summed E-state index contributed by atoms with van der Waals surface area (Å²) in [6.45, 7) is 0. The number of allylic oxidation sites excluding steroid dienone is 1. The molecule has 104 valence electrons. The zero-order chi connectivity index (χ0) is 14.5. The molecule has 0 aliphatic heterocycles. The van der Waals surface area contributed by atoms with Gasteiger partial charge in [-0.25, -0.2) is 0 Å². The van der Waals surface area contributed by atoms with E-state index in [0.717, 1.165) is 6.20 Å². The number of benzene rings is 1. The number of hydrogen-bond acceptors (Lipinski definition) is 4. The number of rotatable bonds is 5. The average Bonchev–Trinajstić information content (AvgIpc) is 2.37. The first kappa shape index (κ1) is 14.9. The molecule has 0 bridgehead atoms. The molecule has 0 heterocycles. The van der Waals surface area contributed by atoms with E-state index in [2.05, 4.69) is 5.32 Å². The molecule has 0 fully saturated rings. The lowest BCUT2D eigenvalue weighted by molar-refractivity contribution is -0.165. The van der Waals surface area contributed by atoms with Crippen LogP contribution in [0.25, 0.3) is 0 Å². The topological polar surface area (TPSA) is 47.6 Å². The number of alkyl halides is 3. The van der Waals surface area contributed by atoms with Crippen molar-refractivity contribution in [2.24, 2.45) is 0 Å². The molecule has 7 heteroatoms. The third-order valence-corrected chi connectivity index (χ3v) is 2.16. The molecule has 0 aliphatic carbocycles. The minimum absolute atomic E-state index is 0.378. The standard InChI is InChI=1S/C12H12F3NO3/c1-18-8-3-4-9(10(7-8)19-2)16-6-5-11(17)12(13,14)15/h3-7,16H,1-2H3/b6-5-. The van der Waals surface area contributed by atoms with Crippen LogP contribution in [0, 0.1) is 0 Å². The van der Waals surface area contributed by atoms with Crippen LogP contribution >= 0.6 is 0 Å². The second-order valence-corrected chi connectivity index (χ2v) is 3.41. The molecular weight excluding hydrogens is 263 g/mol. The van der Waals surface area contributed by atoms with Gasteiger partial charge in [0.1, 0.15) is 11.5 Å². The van der Waals surface area contributed by atoms with Crippen LogP contribution in [-0.2, 0) is 4.79 Å². The van der Waals surface area contributed by atoms with E-state index in [4.69, 9.17) is 9.47 Å². The Labute approximate surface area is 107 Å². The summed E-state index contributed by atoms with van der Waals surface area (Å²) in [4.78, 5) is 10.6. The van der Waals surface area contributed by atoms with Crippen molar-refractivity contribution in [3.8, 4) is 11.5 Å². The van der Waals surface area contributed by atoms with Crippen LogP contribution in [0.3, 0.4) is 0 Å². The minimum Gasteiger partial charge on any atom is -0.497 e. The maximum Gasteiger partial charge on any atom is 0.454 e. The van der Waals surface area contributed by atoms with Gasteiger partial charge in [0, 0.05) is 18.3 Å². The molecular formula is C12H12F3NO3. The Morgan fingerprint density at radius 2 is 1.95 bits per heavy atom. The van der Waals surface area contributed by atoms with Gasteiger partial charge in [0.05, 0.1) is 19.9 Å². The highest BCUT2D eigenvalue weighted by atomic mass is 19.4. The number of halogens is 3. The van der Waals surface area contributed by atoms with Crippen molar-refractivity contribution in [1.82, 2.24) is 0 Å². The molecule has 1 aromatic carbocycles. The van der Waals surface area contributed by atoms with Gasteiger partial charge in [0.25, 0.3) is 5.78 Å². The number of nitrogens with one attached hydrogen (secondary N) is 1. The van der Waals surface area contributed by atoms with Gasteiger partial charge in [-0.15, -0.1) is 0 Å². The number of hydrogen-bond donors (Lipinski definition) is 1. The predicted octanol–water partition coefficient (Wildman–Crippen LogP) is 2.76. The number of anilines is 1. The van der Waals surface area contributed by atoms with Crippen LogP contribution in [-0.4, -0.2) is 26.2 Å². The van der Waals surface area contributed by atoms with Crippen molar-refractivity contribution >= 4 is 11.5 Å². The lowest BCUT2D eigenvalue weighted by atomic mass is 10.2. The highest BCUT2D eigenvalue weighted by Gasteiger charge is 2.36. The van der Waals surface area contributed by atoms with E-state index in [1.165, 1.54) is 14.2 Å². The molecule has 0 spiro atoms. The first-order valence-electron chi connectivity index (χ1n) is 5.14. The number of carbonyl (C=O) groups is 1. The molecule has 0 atom stereocenters. The Kier molecular flexibility index (Phi) is 4.80. The minimum atomic E-state index is -4.87. The Hall–Kier alpha value is -2.18.